The number of nitrogens with two attached hydrogens (primary N) is 1. The van der Waals surface area contributed by atoms with Crippen LogP contribution in [-0.2, 0) is 12.8 Å². The van der Waals surface area contributed by atoms with Gasteiger partial charge in [-0.3, -0.25) is 0 Å². The Morgan fingerprint density at radius 1 is 0.947 bits per heavy atom. The van der Waals surface area contributed by atoms with Gasteiger partial charge in [0.05, 0.1) is 0 Å². The molecule has 0 saturated heterocycles. The van der Waals surface area contributed by atoms with Crippen molar-refractivity contribution in [2.45, 2.75) is 33.6 Å². The molecule has 0 fully saturated rings. The molecule has 0 saturated carbocycles. The van der Waals surface area contributed by atoms with Gasteiger partial charge in [0.2, 0.25) is 0 Å². The molecule has 2 aromatic rings. The summed E-state index contributed by atoms with van der Waals surface area (Å²) in [6.45, 7) is 6.81. The monoisotopic (exact) mass is 255 g/mol. The zero-order chi connectivity index (χ0) is 13.8. The first-order valence-electron chi connectivity index (χ1n) is 6.68. The molecule has 2 rings (SSSR count). The van der Waals surface area contributed by atoms with E-state index in [4.69, 9.17) is 5.73 Å². The average molecular weight is 255 g/mol. The molecule has 1 heterocycles. The van der Waals surface area contributed by atoms with Crippen molar-refractivity contribution in [2.75, 3.05) is 6.54 Å². The number of nitrogens with zero attached hydrogens (tertiary/aromatic N) is 2. The van der Waals surface area contributed by atoms with Crippen molar-refractivity contribution in [2.24, 2.45) is 5.73 Å². The molecule has 0 atom stereocenters. The van der Waals surface area contributed by atoms with Crippen LogP contribution in [-0.4, -0.2) is 16.5 Å². The second-order valence-corrected chi connectivity index (χ2v) is 4.99. The Morgan fingerprint density at radius 3 is 2.05 bits per heavy atom. The van der Waals surface area contributed by atoms with Gasteiger partial charge >= 0.3 is 0 Å². The highest BCUT2D eigenvalue weighted by molar-refractivity contribution is 5.28. The van der Waals surface area contributed by atoms with Crippen LogP contribution in [0.1, 0.15) is 33.9 Å². The van der Waals surface area contributed by atoms with Crippen molar-refractivity contribution in [3.8, 4) is 0 Å². The second-order valence-electron chi connectivity index (χ2n) is 4.99. The van der Waals surface area contributed by atoms with Crippen LogP contribution < -0.4 is 5.73 Å². The van der Waals surface area contributed by atoms with Crippen molar-refractivity contribution in [3.05, 3.63) is 58.2 Å². The molecule has 0 spiro atoms. The quantitative estimate of drug-likeness (QED) is 0.913. The van der Waals surface area contributed by atoms with Crippen molar-refractivity contribution >= 4 is 0 Å². The Kier molecular flexibility index (Phi) is 4.27. The molecule has 100 valence electrons. The number of benzene rings is 1. The molecule has 0 amide bonds. The normalized spacial score (nSPS) is 10.7. The highest BCUT2D eigenvalue weighted by Gasteiger charge is 2.08. The molecule has 19 heavy (non-hydrogen) atoms. The van der Waals surface area contributed by atoms with E-state index in [1.165, 1.54) is 16.7 Å². The van der Waals surface area contributed by atoms with Gasteiger partial charge in [0.25, 0.3) is 0 Å². The summed E-state index contributed by atoms with van der Waals surface area (Å²) in [4.78, 5) is 9.21. The van der Waals surface area contributed by atoms with Gasteiger partial charge in [-0.2, -0.15) is 0 Å². The van der Waals surface area contributed by atoms with Gasteiger partial charge in [0, 0.05) is 17.8 Å². The summed E-state index contributed by atoms with van der Waals surface area (Å²) in [7, 11) is 0. The first kappa shape index (κ1) is 13.7. The van der Waals surface area contributed by atoms with E-state index in [0.717, 1.165) is 30.1 Å². The topological polar surface area (TPSA) is 51.8 Å². The lowest BCUT2D eigenvalue weighted by atomic mass is 10.1. The lowest BCUT2D eigenvalue weighted by Gasteiger charge is -2.10. The van der Waals surface area contributed by atoms with Crippen LogP contribution >= 0.6 is 0 Å². The Morgan fingerprint density at radius 2 is 1.53 bits per heavy atom. The second kappa shape index (κ2) is 5.93. The van der Waals surface area contributed by atoms with E-state index in [-0.39, 0.29) is 0 Å². The summed E-state index contributed by atoms with van der Waals surface area (Å²) in [6.07, 6.45) is 1.63. The molecule has 0 aliphatic rings. The highest BCUT2D eigenvalue weighted by Crippen LogP contribution is 2.13. The average Bonchev–Trinajstić information content (AvgIpc) is 2.37. The summed E-state index contributed by atoms with van der Waals surface area (Å²) >= 11 is 0. The van der Waals surface area contributed by atoms with E-state index in [1.54, 1.807) is 0 Å². The molecular weight excluding hydrogens is 234 g/mol. The molecule has 1 aromatic carbocycles. The fraction of sp³-hybridized carbons (Fsp3) is 0.375. The molecule has 0 unspecified atom stereocenters. The lowest BCUT2D eigenvalue weighted by molar-refractivity contribution is 0.850. The SMILES string of the molecule is Cc1ccc(Cc2nc(C)c(CCN)c(C)n2)cc1. The Bertz CT molecular complexity index is 536. The van der Waals surface area contributed by atoms with Gasteiger partial charge in [-0.1, -0.05) is 29.8 Å². The zero-order valence-electron chi connectivity index (χ0n) is 11.9. The fourth-order valence-corrected chi connectivity index (χ4v) is 2.28. The van der Waals surface area contributed by atoms with Gasteiger partial charge in [0.1, 0.15) is 5.82 Å². The smallest absolute Gasteiger partial charge is 0.133 e. The largest absolute Gasteiger partial charge is 0.330 e. The molecule has 1 aromatic heterocycles. The van der Waals surface area contributed by atoms with E-state index in [9.17, 15) is 0 Å². The van der Waals surface area contributed by atoms with Gasteiger partial charge in [0.15, 0.2) is 0 Å². The van der Waals surface area contributed by atoms with Crippen LogP contribution in [0.5, 0.6) is 0 Å². The summed E-state index contributed by atoms with van der Waals surface area (Å²) in [6, 6.07) is 8.52. The molecule has 2 N–H and O–H groups in total. The third-order valence-electron chi connectivity index (χ3n) is 3.34. The van der Waals surface area contributed by atoms with Crippen LogP contribution in [0.4, 0.5) is 0 Å². The first-order chi connectivity index (χ1) is 9.10. The number of hydrogen-bond acceptors (Lipinski definition) is 3. The summed E-state index contributed by atoms with van der Waals surface area (Å²) in [5.41, 5.74) is 11.4. The first-order valence-corrected chi connectivity index (χ1v) is 6.68. The van der Waals surface area contributed by atoms with Crippen LogP contribution in [0.3, 0.4) is 0 Å². The maximum atomic E-state index is 5.62. The molecule has 0 aliphatic heterocycles. The third kappa shape index (κ3) is 3.38. The van der Waals surface area contributed by atoms with Gasteiger partial charge in [-0.25, -0.2) is 9.97 Å². The van der Waals surface area contributed by atoms with Crippen molar-refractivity contribution in [1.82, 2.24) is 9.97 Å². The highest BCUT2D eigenvalue weighted by atomic mass is 14.9. The molecule has 0 radical (unpaired) electrons. The van der Waals surface area contributed by atoms with E-state index in [2.05, 4.69) is 41.2 Å². The standard InChI is InChI=1S/C16H21N3/c1-11-4-6-14(7-5-11)10-16-18-12(2)15(8-9-17)13(3)19-16/h4-7H,8-10,17H2,1-3H3. The number of rotatable bonds is 4. The number of hydrogen-bond donors (Lipinski definition) is 1. The number of aryl methyl sites for hydroxylation is 3. The van der Waals surface area contributed by atoms with Crippen molar-refractivity contribution < 1.29 is 0 Å². The molecule has 0 bridgehead atoms. The Labute approximate surface area is 114 Å². The minimum absolute atomic E-state index is 0.641. The molecule has 0 aliphatic carbocycles. The lowest BCUT2D eigenvalue weighted by Crippen LogP contribution is -2.10. The zero-order valence-corrected chi connectivity index (χ0v) is 11.9. The van der Waals surface area contributed by atoms with E-state index < -0.39 is 0 Å². The van der Waals surface area contributed by atoms with Gasteiger partial charge < -0.3 is 5.73 Å². The fourth-order valence-electron chi connectivity index (χ4n) is 2.28. The maximum Gasteiger partial charge on any atom is 0.133 e. The van der Waals surface area contributed by atoms with Crippen LogP contribution in [0.25, 0.3) is 0 Å². The Hall–Kier alpha value is -1.74. The van der Waals surface area contributed by atoms with Crippen LogP contribution in [0.15, 0.2) is 24.3 Å². The van der Waals surface area contributed by atoms with Gasteiger partial charge in [-0.15, -0.1) is 0 Å². The minimum atomic E-state index is 0.641. The Balaban J connectivity index is 2.24. The summed E-state index contributed by atoms with van der Waals surface area (Å²) < 4.78 is 0. The summed E-state index contributed by atoms with van der Waals surface area (Å²) in [5, 5.41) is 0. The van der Waals surface area contributed by atoms with Crippen LogP contribution in [0.2, 0.25) is 0 Å². The predicted octanol–water partition coefficient (Wildman–Crippen LogP) is 2.49. The molecular formula is C16H21N3. The summed E-state index contributed by atoms with van der Waals surface area (Å²) in [5.74, 6) is 0.889. The van der Waals surface area contributed by atoms with Gasteiger partial charge in [-0.05, 0) is 44.9 Å². The van der Waals surface area contributed by atoms with Crippen molar-refractivity contribution in [1.29, 1.82) is 0 Å². The predicted molar refractivity (Wildman–Crippen MR) is 78.2 cm³/mol. The van der Waals surface area contributed by atoms with E-state index in [0.29, 0.717) is 6.54 Å². The van der Waals surface area contributed by atoms with E-state index >= 15 is 0 Å². The molecule has 3 heteroatoms. The maximum absolute atomic E-state index is 5.62. The van der Waals surface area contributed by atoms with Crippen molar-refractivity contribution in [3.63, 3.8) is 0 Å². The number of aromatic nitrogens is 2. The third-order valence-corrected chi connectivity index (χ3v) is 3.34. The van der Waals surface area contributed by atoms with Crippen LogP contribution in [0, 0.1) is 20.8 Å². The van der Waals surface area contributed by atoms with E-state index in [1.807, 2.05) is 13.8 Å². The molecule has 3 nitrogen and oxygen atoms in total. The minimum Gasteiger partial charge on any atom is -0.330 e.